The van der Waals surface area contributed by atoms with Gasteiger partial charge in [-0.25, -0.2) is 9.78 Å². The Morgan fingerprint density at radius 1 is 1.77 bits per heavy atom. The van der Waals surface area contributed by atoms with Crippen molar-refractivity contribution in [2.75, 3.05) is 13.7 Å². The number of hydrogen-bond donors (Lipinski definition) is 2. The minimum atomic E-state index is -0.403. The normalized spacial score (nSPS) is 20.8. The number of esters is 1. The second-order valence-electron chi connectivity index (χ2n) is 2.93. The van der Waals surface area contributed by atoms with Crippen LogP contribution in [0, 0.1) is 0 Å². The van der Waals surface area contributed by atoms with E-state index in [1.807, 2.05) is 0 Å². The third-order valence-corrected chi connectivity index (χ3v) is 2.19. The number of aromatic nitrogens is 2. The Labute approximate surface area is 75.5 Å². The van der Waals surface area contributed by atoms with Crippen LogP contribution in [-0.2, 0) is 16.0 Å². The summed E-state index contributed by atoms with van der Waals surface area (Å²) in [6.45, 7) is 0.773. The third kappa shape index (κ3) is 1.31. The molecule has 0 saturated carbocycles. The number of fused-ring (bicyclic) bond motifs is 1. The molecule has 5 heteroatoms. The molecule has 0 amide bonds. The monoisotopic (exact) mass is 181 g/mol. The first-order valence-corrected chi connectivity index (χ1v) is 4.16. The molecular weight excluding hydrogens is 170 g/mol. The van der Waals surface area contributed by atoms with E-state index < -0.39 is 6.04 Å². The molecule has 1 aliphatic rings. The Morgan fingerprint density at radius 3 is 3.38 bits per heavy atom. The van der Waals surface area contributed by atoms with Gasteiger partial charge in [-0.2, -0.15) is 0 Å². The van der Waals surface area contributed by atoms with Crippen LogP contribution in [0.1, 0.15) is 17.4 Å². The van der Waals surface area contributed by atoms with Crippen LogP contribution >= 0.6 is 0 Å². The molecule has 2 N–H and O–H groups in total. The Bertz CT molecular complexity index is 321. The molecule has 1 aromatic rings. The van der Waals surface area contributed by atoms with Gasteiger partial charge in [0.25, 0.3) is 0 Å². The van der Waals surface area contributed by atoms with Gasteiger partial charge in [0.1, 0.15) is 0 Å². The molecule has 5 nitrogen and oxygen atoms in total. The van der Waals surface area contributed by atoms with Gasteiger partial charge in [-0.05, 0) is 0 Å². The highest BCUT2D eigenvalue weighted by Gasteiger charge is 2.28. The predicted octanol–water partition coefficient (Wildman–Crippen LogP) is -0.231. The molecule has 70 valence electrons. The van der Waals surface area contributed by atoms with Gasteiger partial charge in [-0.15, -0.1) is 0 Å². The van der Waals surface area contributed by atoms with Gasteiger partial charge in [0.05, 0.1) is 19.1 Å². The largest absolute Gasteiger partial charge is 0.468 e. The van der Waals surface area contributed by atoms with Gasteiger partial charge in [0.2, 0.25) is 0 Å². The molecule has 13 heavy (non-hydrogen) atoms. The van der Waals surface area contributed by atoms with E-state index in [1.54, 1.807) is 6.33 Å². The standard InChI is InChI=1S/C8H11N3O2/c1-13-8(12)7-6-5(2-3-9-7)10-4-11-6/h4,7,9H,2-3H2,1H3,(H,10,11). The first-order valence-electron chi connectivity index (χ1n) is 4.16. The van der Waals surface area contributed by atoms with Crippen LogP contribution in [0.4, 0.5) is 0 Å². The minimum absolute atomic E-state index is 0.284. The van der Waals surface area contributed by atoms with Crippen LogP contribution in [0.25, 0.3) is 0 Å². The molecule has 0 fully saturated rings. The topological polar surface area (TPSA) is 67.0 Å². The summed E-state index contributed by atoms with van der Waals surface area (Å²) < 4.78 is 4.66. The lowest BCUT2D eigenvalue weighted by Crippen LogP contribution is -2.35. The molecule has 0 bridgehead atoms. The molecular formula is C8H11N3O2. The van der Waals surface area contributed by atoms with Crippen molar-refractivity contribution in [3.8, 4) is 0 Å². The van der Waals surface area contributed by atoms with Crippen molar-refractivity contribution < 1.29 is 9.53 Å². The van der Waals surface area contributed by atoms with Gasteiger partial charge in [-0.1, -0.05) is 0 Å². The van der Waals surface area contributed by atoms with Gasteiger partial charge >= 0.3 is 5.97 Å². The van der Waals surface area contributed by atoms with Gasteiger partial charge in [-0.3, -0.25) is 5.32 Å². The van der Waals surface area contributed by atoms with Crippen molar-refractivity contribution >= 4 is 5.97 Å². The smallest absolute Gasteiger partial charge is 0.329 e. The molecule has 0 radical (unpaired) electrons. The Kier molecular flexibility index (Phi) is 2.02. The Hall–Kier alpha value is -1.36. The molecule has 1 unspecified atom stereocenters. The molecule has 0 aliphatic carbocycles. The summed E-state index contributed by atoms with van der Waals surface area (Å²) in [6.07, 6.45) is 2.48. The average molecular weight is 181 g/mol. The fourth-order valence-corrected chi connectivity index (χ4v) is 1.53. The van der Waals surface area contributed by atoms with Crippen LogP contribution in [-0.4, -0.2) is 29.6 Å². The van der Waals surface area contributed by atoms with Crippen molar-refractivity contribution in [3.05, 3.63) is 17.7 Å². The number of carbonyl (C=O) groups excluding carboxylic acids is 1. The lowest BCUT2D eigenvalue weighted by atomic mass is 10.1. The van der Waals surface area contributed by atoms with Crippen LogP contribution in [0.3, 0.4) is 0 Å². The molecule has 2 rings (SSSR count). The Balaban J connectivity index is 2.30. The fraction of sp³-hybridized carbons (Fsp3) is 0.500. The highest BCUT2D eigenvalue weighted by atomic mass is 16.5. The SMILES string of the molecule is COC(=O)C1NCCc2[nH]cnc21. The van der Waals surface area contributed by atoms with E-state index in [4.69, 9.17) is 0 Å². The summed E-state index contributed by atoms with van der Waals surface area (Å²) in [5.74, 6) is -0.284. The second-order valence-corrected chi connectivity index (χ2v) is 2.93. The molecule has 0 aromatic carbocycles. The summed E-state index contributed by atoms with van der Waals surface area (Å²) in [4.78, 5) is 18.4. The van der Waals surface area contributed by atoms with E-state index in [9.17, 15) is 4.79 Å². The number of nitrogens with zero attached hydrogens (tertiary/aromatic N) is 1. The zero-order valence-corrected chi connectivity index (χ0v) is 7.33. The molecule has 1 aliphatic heterocycles. The number of hydrogen-bond acceptors (Lipinski definition) is 4. The predicted molar refractivity (Wildman–Crippen MR) is 45.1 cm³/mol. The van der Waals surface area contributed by atoms with E-state index in [1.165, 1.54) is 7.11 Å². The van der Waals surface area contributed by atoms with Crippen LogP contribution in [0.2, 0.25) is 0 Å². The maximum absolute atomic E-state index is 11.3. The number of imidazole rings is 1. The lowest BCUT2D eigenvalue weighted by molar-refractivity contribution is -0.143. The molecule has 1 aromatic heterocycles. The number of rotatable bonds is 1. The summed E-state index contributed by atoms with van der Waals surface area (Å²) >= 11 is 0. The molecule has 0 spiro atoms. The molecule has 1 atom stereocenters. The number of aromatic amines is 1. The number of carbonyl (C=O) groups is 1. The van der Waals surface area contributed by atoms with Gasteiger partial charge < -0.3 is 9.72 Å². The zero-order valence-electron chi connectivity index (χ0n) is 7.33. The van der Waals surface area contributed by atoms with Crippen molar-refractivity contribution in [2.45, 2.75) is 12.5 Å². The van der Waals surface area contributed by atoms with Crippen LogP contribution in [0.5, 0.6) is 0 Å². The first kappa shape index (κ1) is 8.25. The highest BCUT2D eigenvalue weighted by molar-refractivity contribution is 5.77. The van der Waals surface area contributed by atoms with E-state index in [0.717, 1.165) is 24.4 Å². The van der Waals surface area contributed by atoms with Crippen molar-refractivity contribution in [2.24, 2.45) is 0 Å². The van der Waals surface area contributed by atoms with Crippen LogP contribution < -0.4 is 5.32 Å². The van der Waals surface area contributed by atoms with Crippen molar-refractivity contribution in [1.29, 1.82) is 0 Å². The van der Waals surface area contributed by atoms with E-state index >= 15 is 0 Å². The van der Waals surface area contributed by atoms with Crippen molar-refractivity contribution in [1.82, 2.24) is 15.3 Å². The van der Waals surface area contributed by atoms with E-state index in [0.29, 0.717) is 0 Å². The summed E-state index contributed by atoms with van der Waals surface area (Å²) in [5.41, 5.74) is 1.78. The average Bonchev–Trinajstić information content (AvgIpc) is 2.63. The van der Waals surface area contributed by atoms with Gasteiger partial charge in [0, 0.05) is 18.7 Å². The van der Waals surface area contributed by atoms with Gasteiger partial charge in [0.15, 0.2) is 6.04 Å². The summed E-state index contributed by atoms with van der Waals surface area (Å²) in [6, 6.07) is -0.403. The van der Waals surface area contributed by atoms with Crippen LogP contribution in [0.15, 0.2) is 6.33 Å². The summed E-state index contributed by atoms with van der Waals surface area (Å²) in [5, 5.41) is 3.06. The van der Waals surface area contributed by atoms with E-state index in [-0.39, 0.29) is 5.97 Å². The minimum Gasteiger partial charge on any atom is -0.468 e. The maximum atomic E-state index is 11.3. The first-order chi connectivity index (χ1) is 6.33. The molecule has 0 saturated heterocycles. The fourth-order valence-electron chi connectivity index (χ4n) is 1.53. The lowest BCUT2D eigenvalue weighted by Gasteiger charge is -2.20. The maximum Gasteiger partial charge on any atom is 0.329 e. The zero-order chi connectivity index (χ0) is 9.26. The highest BCUT2D eigenvalue weighted by Crippen LogP contribution is 2.19. The quantitative estimate of drug-likeness (QED) is 0.587. The number of H-pyrrole nitrogens is 1. The second kappa shape index (κ2) is 3.18. The molecule has 2 heterocycles. The van der Waals surface area contributed by atoms with Crippen molar-refractivity contribution in [3.63, 3.8) is 0 Å². The summed E-state index contributed by atoms with van der Waals surface area (Å²) in [7, 11) is 1.38. The van der Waals surface area contributed by atoms with E-state index in [2.05, 4.69) is 20.0 Å². The third-order valence-electron chi connectivity index (χ3n) is 2.19. The Morgan fingerprint density at radius 2 is 2.62 bits per heavy atom. The number of nitrogens with one attached hydrogen (secondary N) is 2. The number of ether oxygens (including phenoxy) is 1. The number of methoxy groups -OCH3 is 1.